The molecule has 1 aromatic heterocycles. The van der Waals surface area contributed by atoms with Crippen molar-refractivity contribution in [1.29, 1.82) is 0 Å². The number of para-hydroxylation sites is 1. The van der Waals surface area contributed by atoms with E-state index >= 15 is 0 Å². The van der Waals surface area contributed by atoms with Crippen LogP contribution in [0.15, 0.2) is 36.8 Å². The average molecular weight is 285 g/mol. The minimum absolute atomic E-state index is 0.182. The van der Waals surface area contributed by atoms with E-state index in [9.17, 15) is 0 Å². The maximum absolute atomic E-state index is 5.33. The predicted molar refractivity (Wildman–Crippen MR) is 83.7 cm³/mol. The van der Waals surface area contributed by atoms with Crippen molar-refractivity contribution in [3.05, 3.63) is 48.0 Å². The van der Waals surface area contributed by atoms with Gasteiger partial charge in [0.15, 0.2) is 0 Å². The van der Waals surface area contributed by atoms with Crippen LogP contribution in [0.4, 0.5) is 0 Å². The van der Waals surface area contributed by atoms with Crippen LogP contribution in [0.5, 0.6) is 0 Å². The molecule has 1 saturated heterocycles. The molecule has 0 radical (unpaired) electrons. The summed E-state index contributed by atoms with van der Waals surface area (Å²) in [5.74, 6) is 0. The Labute approximate surface area is 126 Å². The summed E-state index contributed by atoms with van der Waals surface area (Å²) in [6.07, 6.45) is 6.24. The van der Waals surface area contributed by atoms with Gasteiger partial charge in [-0.15, -0.1) is 0 Å². The van der Waals surface area contributed by atoms with Crippen LogP contribution in [-0.4, -0.2) is 29.8 Å². The zero-order valence-corrected chi connectivity index (χ0v) is 12.8. The number of benzene rings is 1. The Balaban J connectivity index is 2.03. The standard InChI is InChI=1S/C17H23N3O/c1-17(7-9-18-10-8-17)16-11-19-13-20(16)15-6-4-3-5-14(15)12-21-2/h3-6,11,13,18H,7-10,12H2,1-2H3. The van der Waals surface area contributed by atoms with E-state index in [-0.39, 0.29) is 5.41 Å². The monoisotopic (exact) mass is 285 g/mol. The van der Waals surface area contributed by atoms with Gasteiger partial charge in [-0.1, -0.05) is 25.1 Å². The number of hydrogen-bond acceptors (Lipinski definition) is 3. The van der Waals surface area contributed by atoms with Gasteiger partial charge in [0.05, 0.1) is 18.6 Å². The van der Waals surface area contributed by atoms with Gasteiger partial charge >= 0.3 is 0 Å². The predicted octanol–water partition coefficient (Wildman–Crippen LogP) is 2.66. The van der Waals surface area contributed by atoms with Crippen molar-refractivity contribution in [2.45, 2.75) is 31.8 Å². The highest BCUT2D eigenvalue weighted by Crippen LogP contribution is 2.34. The van der Waals surface area contributed by atoms with E-state index in [2.05, 4.69) is 46.1 Å². The molecule has 0 bridgehead atoms. The molecule has 21 heavy (non-hydrogen) atoms. The van der Waals surface area contributed by atoms with Crippen molar-refractivity contribution in [2.75, 3.05) is 20.2 Å². The molecule has 1 aliphatic heterocycles. The molecule has 0 aliphatic carbocycles. The Morgan fingerprint density at radius 2 is 2.05 bits per heavy atom. The van der Waals surface area contributed by atoms with Gasteiger partial charge in [0.1, 0.15) is 0 Å². The summed E-state index contributed by atoms with van der Waals surface area (Å²) in [5, 5.41) is 3.44. The minimum Gasteiger partial charge on any atom is -0.380 e. The first-order chi connectivity index (χ1) is 10.2. The summed E-state index contributed by atoms with van der Waals surface area (Å²) in [4.78, 5) is 4.42. The first-order valence-corrected chi connectivity index (χ1v) is 7.55. The van der Waals surface area contributed by atoms with E-state index in [0.29, 0.717) is 6.61 Å². The SMILES string of the molecule is COCc1ccccc1-n1cncc1C1(C)CCNCC1. The van der Waals surface area contributed by atoms with E-state index < -0.39 is 0 Å². The van der Waals surface area contributed by atoms with E-state index in [1.165, 1.54) is 16.9 Å². The molecule has 1 N–H and O–H groups in total. The molecule has 1 aliphatic rings. The van der Waals surface area contributed by atoms with Gasteiger partial charge < -0.3 is 14.6 Å². The number of rotatable bonds is 4. The van der Waals surface area contributed by atoms with Crippen molar-refractivity contribution in [2.24, 2.45) is 0 Å². The van der Waals surface area contributed by atoms with Crippen molar-refractivity contribution < 1.29 is 4.74 Å². The summed E-state index contributed by atoms with van der Waals surface area (Å²) in [7, 11) is 1.74. The van der Waals surface area contributed by atoms with Crippen LogP contribution in [0.1, 0.15) is 31.0 Å². The molecule has 4 heteroatoms. The second kappa shape index (κ2) is 6.00. The summed E-state index contributed by atoms with van der Waals surface area (Å²) < 4.78 is 7.57. The Bertz CT molecular complexity index is 600. The zero-order valence-electron chi connectivity index (χ0n) is 12.8. The molecule has 4 nitrogen and oxygen atoms in total. The number of nitrogens with one attached hydrogen (secondary N) is 1. The maximum atomic E-state index is 5.33. The summed E-state index contributed by atoms with van der Waals surface area (Å²) in [6.45, 7) is 5.11. The lowest BCUT2D eigenvalue weighted by Gasteiger charge is -2.34. The molecule has 0 atom stereocenters. The van der Waals surface area contributed by atoms with E-state index in [1.807, 2.05) is 12.5 Å². The number of hydrogen-bond donors (Lipinski definition) is 1. The van der Waals surface area contributed by atoms with Gasteiger partial charge in [0.25, 0.3) is 0 Å². The van der Waals surface area contributed by atoms with Crippen LogP contribution in [0.25, 0.3) is 5.69 Å². The molecule has 0 spiro atoms. The smallest absolute Gasteiger partial charge is 0.0994 e. The molecule has 2 heterocycles. The molecular weight excluding hydrogens is 262 g/mol. The molecule has 112 valence electrons. The Morgan fingerprint density at radius 3 is 2.81 bits per heavy atom. The van der Waals surface area contributed by atoms with Crippen LogP contribution in [0.3, 0.4) is 0 Å². The molecule has 0 saturated carbocycles. The zero-order chi connectivity index (χ0) is 14.7. The third-order valence-electron chi connectivity index (χ3n) is 4.51. The fourth-order valence-electron chi connectivity index (χ4n) is 3.19. The van der Waals surface area contributed by atoms with Crippen LogP contribution in [-0.2, 0) is 16.8 Å². The molecule has 0 amide bonds. The van der Waals surface area contributed by atoms with Crippen LogP contribution < -0.4 is 5.32 Å². The van der Waals surface area contributed by atoms with Gasteiger partial charge in [-0.05, 0) is 32.0 Å². The lowest BCUT2D eigenvalue weighted by molar-refractivity contribution is 0.184. The van der Waals surface area contributed by atoms with E-state index in [1.54, 1.807) is 7.11 Å². The molecule has 1 fully saturated rings. The van der Waals surface area contributed by atoms with Gasteiger partial charge in [-0.3, -0.25) is 0 Å². The first-order valence-electron chi connectivity index (χ1n) is 7.55. The lowest BCUT2D eigenvalue weighted by Crippen LogP contribution is -2.38. The van der Waals surface area contributed by atoms with Crippen molar-refractivity contribution in [1.82, 2.24) is 14.9 Å². The molecule has 2 aromatic rings. The van der Waals surface area contributed by atoms with E-state index in [4.69, 9.17) is 4.74 Å². The van der Waals surface area contributed by atoms with Crippen LogP contribution >= 0.6 is 0 Å². The third-order valence-corrected chi connectivity index (χ3v) is 4.51. The quantitative estimate of drug-likeness (QED) is 0.938. The number of piperidine rings is 1. The van der Waals surface area contributed by atoms with Crippen LogP contribution in [0.2, 0.25) is 0 Å². The first kappa shape index (κ1) is 14.3. The highest BCUT2D eigenvalue weighted by atomic mass is 16.5. The highest BCUT2D eigenvalue weighted by Gasteiger charge is 2.32. The lowest BCUT2D eigenvalue weighted by atomic mass is 9.78. The average Bonchev–Trinajstić information content (AvgIpc) is 2.99. The number of nitrogens with zero attached hydrogens (tertiary/aromatic N) is 2. The second-order valence-electron chi connectivity index (χ2n) is 6.02. The van der Waals surface area contributed by atoms with Crippen molar-refractivity contribution >= 4 is 0 Å². The number of methoxy groups -OCH3 is 1. The summed E-state index contributed by atoms with van der Waals surface area (Å²) >= 11 is 0. The fraction of sp³-hybridized carbons (Fsp3) is 0.471. The molecule has 1 aromatic carbocycles. The second-order valence-corrected chi connectivity index (χ2v) is 6.02. The highest BCUT2D eigenvalue weighted by molar-refractivity contribution is 5.43. The number of aromatic nitrogens is 2. The molecule has 3 rings (SSSR count). The van der Waals surface area contributed by atoms with Gasteiger partial charge in [0, 0.05) is 30.0 Å². The molecule has 0 unspecified atom stereocenters. The van der Waals surface area contributed by atoms with Gasteiger partial charge in [-0.25, -0.2) is 4.98 Å². The number of ether oxygens (including phenoxy) is 1. The van der Waals surface area contributed by atoms with Gasteiger partial charge in [0.2, 0.25) is 0 Å². The third kappa shape index (κ3) is 2.74. The number of imidazole rings is 1. The molecular formula is C17H23N3O. The topological polar surface area (TPSA) is 39.1 Å². The van der Waals surface area contributed by atoms with Crippen molar-refractivity contribution in [3.63, 3.8) is 0 Å². The fourth-order valence-corrected chi connectivity index (χ4v) is 3.19. The van der Waals surface area contributed by atoms with Crippen molar-refractivity contribution in [3.8, 4) is 5.69 Å². The Kier molecular flexibility index (Phi) is 4.08. The Hall–Kier alpha value is -1.65. The van der Waals surface area contributed by atoms with Gasteiger partial charge in [-0.2, -0.15) is 0 Å². The Morgan fingerprint density at radius 1 is 1.29 bits per heavy atom. The summed E-state index contributed by atoms with van der Waals surface area (Å²) in [5.41, 5.74) is 3.85. The van der Waals surface area contributed by atoms with Crippen LogP contribution in [0, 0.1) is 0 Å². The van der Waals surface area contributed by atoms with E-state index in [0.717, 1.165) is 25.9 Å². The normalized spacial score (nSPS) is 17.8. The minimum atomic E-state index is 0.182. The summed E-state index contributed by atoms with van der Waals surface area (Å²) in [6, 6.07) is 8.39. The largest absolute Gasteiger partial charge is 0.380 e. The maximum Gasteiger partial charge on any atom is 0.0994 e.